The lowest BCUT2D eigenvalue weighted by molar-refractivity contribution is 0.0601. The molecular formula is C12H13N3O3S. The molecule has 0 unspecified atom stereocenters. The van der Waals surface area contributed by atoms with Crippen LogP contribution in [0.3, 0.4) is 0 Å². The van der Waals surface area contributed by atoms with Crippen LogP contribution in [0.15, 0.2) is 23.8 Å². The summed E-state index contributed by atoms with van der Waals surface area (Å²) in [6, 6.07) is 1.58. The van der Waals surface area contributed by atoms with Crippen LogP contribution in [-0.2, 0) is 11.3 Å². The van der Waals surface area contributed by atoms with Crippen LogP contribution in [0.1, 0.15) is 27.6 Å². The van der Waals surface area contributed by atoms with Crippen molar-refractivity contribution in [1.82, 2.24) is 9.78 Å². The normalized spacial score (nSPS) is 10.2. The number of carbonyl (C=O) groups is 2. The summed E-state index contributed by atoms with van der Waals surface area (Å²) >= 11 is 1.27. The molecule has 100 valence electrons. The Morgan fingerprint density at radius 3 is 2.89 bits per heavy atom. The number of thiophene rings is 1. The van der Waals surface area contributed by atoms with Crippen molar-refractivity contribution in [2.75, 3.05) is 12.4 Å². The number of nitrogens with one attached hydrogen (secondary N) is 1. The Labute approximate surface area is 114 Å². The average molecular weight is 279 g/mol. The molecule has 2 rings (SSSR count). The molecule has 0 aliphatic heterocycles. The maximum absolute atomic E-state index is 11.9. The second-order valence-corrected chi connectivity index (χ2v) is 4.64. The molecule has 0 radical (unpaired) electrons. The van der Waals surface area contributed by atoms with Crippen molar-refractivity contribution in [3.63, 3.8) is 0 Å². The van der Waals surface area contributed by atoms with Crippen molar-refractivity contribution in [2.45, 2.75) is 13.5 Å². The molecule has 6 nitrogen and oxygen atoms in total. The number of carbonyl (C=O) groups excluding carboxylic acids is 2. The van der Waals surface area contributed by atoms with Crippen LogP contribution in [0.4, 0.5) is 5.00 Å². The second kappa shape index (κ2) is 5.66. The van der Waals surface area contributed by atoms with E-state index in [1.807, 2.05) is 6.92 Å². The summed E-state index contributed by atoms with van der Waals surface area (Å²) in [5, 5.41) is 8.97. The first-order chi connectivity index (χ1) is 9.13. The Bertz CT molecular complexity index is 603. The molecule has 7 heteroatoms. The van der Waals surface area contributed by atoms with E-state index in [1.165, 1.54) is 24.6 Å². The molecule has 0 aliphatic rings. The minimum atomic E-state index is -0.421. The molecule has 0 spiro atoms. The molecule has 0 aliphatic carbocycles. The van der Waals surface area contributed by atoms with Crippen LogP contribution in [0.5, 0.6) is 0 Å². The molecule has 19 heavy (non-hydrogen) atoms. The third-order valence-corrected chi connectivity index (χ3v) is 3.32. The van der Waals surface area contributed by atoms with Gasteiger partial charge in [0, 0.05) is 18.1 Å². The molecule has 0 saturated carbocycles. The molecule has 0 atom stereocenters. The van der Waals surface area contributed by atoms with Gasteiger partial charge in [-0.3, -0.25) is 9.48 Å². The van der Waals surface area contributed by atoms with E-state index in [0.717, 1.165) is 0 Å². The van der Waals surface area contributed by atoms with Crippen LogP contribution in [0.2, 0.25) is 0 Å². The smallest absolute Gasteiger partial charge is 0.338 e. The molecular weight excluding hydrogens is 266 g/mol. The van der Waals surface area contributed by atoms with Gasteiger partial charge in [-0.1, -0.05) is 0 Å². The maximum Gasteiger partial charge on any atom is 0.338 e. The average Bonchev–Trinajstić information content (AvgIpc) is 3.06. The van der Waals surface area contributed by atoms with Crippen molar-refractivity contribution in [2.24, 2.45) is 0 Å². The summed E-state index contributed by atoms with van der Waals surface area (Å²) in [4.78, 5) is 23.2. The Hall–Kier alpha value is -2.15. The van der Waals surface area contributed by atoms with E-state index in [2.05, 4.69) is 15.2 Å². The Kier molecular flexibility index (Phi) is 3.96. The number of esters is 1. The van der Waals surface area contributed by atoms with Gasteiger partial charge in [0.25, 0.3) is 5.91 Å². The molecule has 2 heterocycles. The van der Waals surface area contributed by atoms with E-state index in [0.29, 0.717) is 22.7 Å². The molecule has 2 aromatic rings. The first-order valence-corrected chi connectivity index (χ1v) is 6.52. The van der Waals surface area contributed by atoms with Crippen LogP contribution >= 0.6 is 11.3 Å². The predicted octanol–water partition coefficient (Wildman–Crippen LogP) is 2.00. The van der Waals surface area contributed by atoms with E-state index in [4.69, 9.17) is 0 Å². The molecule has 0 saturated heterocycles. The lowest BCUT2D eigenvalue weighted by Gasteiger charge is -1.98. The molecule has 0 aromatic carbocycles. The van der Waals surface area contributed by atoms with Gasteiger partial charge >= 0.3 is 5.97 Å². The van der Waals surface area contributed by atoms with E-state index < -0.39 is 5.97 Å². The number of ether oxygens (including phenoxy) is 1. The molecule has 1 amide bonds. The summed E-state index contributed by atoms with van der Waals surface area (Å²) in [6.45, 7) is 2.65. The van der Waals surface area contributed by atoms with Gasteiger partial charge in [-0.05, 0) is 13.0 Å². The fourth-order valence-corrected chi connectivity index (χ4v) is 2.23. The number of methoxy groups -OCH3 is 1. The summed E-state index contributed by atoms with van der Waals surface area (Å²) < 4.78 is 6.27. The van der Waals surface area contributed by atoms with Crippen LogP contribution in [0, 0.1) is 0 Å². The first kappa shape index (κ1) is 13.3. The van der Waals surface area contributed by atoms with Gasteiger partial charge in [0.15, 0.2) is 0 Å². The van der Waals surface area contributed by atoms with E-state index in [1.54, 1.807) is 22.3 Å². The third-order valence-electron chi connectivity index (χ3n) is 2.48. The van der Waals surface area contributed by atoms with Gasteiger partial charge in [0.2, 0.25) is 0 Å². The van der Waals surface area contributed by atoms with Crippen LogP contribution in [-0.4, -0.2) is 28.8 Å². The zero-order valence-corrected chi connectivity index (χ0v) is 11.4. The van der Waals surface area contributed by atoms with Crippen molar-refractivity contribution in [3.05, 3.63) is 35.0 Å². The highest BCUT2D eigenvalue weighted by Crippen LogP contribution is 2.21. The third kappa shape index (κ3) is 3.00. The van der Waals surface area contributed by atoms with E-state index in [9.17, 15) is 9.59 Å². The monoisotopic (exact) mass is 279 g/mol. The highest BCUT2D eigenvalue weighted by molar-refractivity contribution is 7.14. The highest BCUT2D eigenvalue weighted by Gasteiger charge is 2.12. The summed E-state index contributed by atoms with van der Waals surface area (Å²) in [5.74, 6) is -0.673. The van der Waals surface area contributed by atoms with E-state index in [-0.39, 0.29) is 5.91 Å². The predicted molar refractivity (Wildman–Crippen MR) is 71.5 cm³/mol. The van der Waals surface area contributed by atoms with Crippen LogP contribution in [0.25, 0.3) is 0 Å². The number of rotatable bonds is 4. The van der Waals surface area contributed by atoms with Crippen molar-refractivity contribution in [1.29, 1.82) is 0 Å². The fourth-order valence-electron chi connectivity index (χ4n) is 1.46. The van der Waals surface area contributed by atoms with Gasteiger partial charge in [-0.25, -0.2) is 4.79 Å². The standard InChI is InChI=1S/C12H13N3O3S/c1-3-15-6-9(5-13-15)11(16)14-10-4-8(7-19-10)12(17)18-2/h4-7H,3H2,1-2H3,(H,14,16). The van der Waals surface area contributed by atoms with Crippen molar-refractivity contribution >= 4 is 28.2 Å². The fraction of sp³-hybridized carbons (Fsp3) is 0.250. The Balaban J connectivity index is 2.06. The van der Waals surface area contributed by atoms with Gasteiger partial charge < -0.3 is 10.1 Å². The van der Waals surface area contributed by atoms with Gasteiger partial charge in [-0.15, -0.1) is 11.3 Å². The summed E-state index contributed by atoms with van der Waals surface area (Å²) in [6.07, 6.45) is 3.18. The molecule has 0 fully saturated rings. The second-order valence-electron chi connectivity index (χ2n) is 3.73. The lowest BCUT2D eigenvalue weighted by atomic mass is 10.3. The number of nitrogens with zero attached hydrogens (tertiary/aromatic N) is 2. The number of aromatic nitrogens is 2. The van der Waals surface area contributed by atoms with Crippen molar-refractivity contribution in [3.8, 4) is 0 Å². The zero-order valence-electron chi connectivity index (χ0n) is 10.5. The van der Waals surface area contributed by atoms with E-state index >= 15 is 0 Å². The van der Waals surface area contributed by atoms with Gasteiger partial charge in [-0.2, -0.15) is 5.10 Å². The maximum atomic E-state index is 11.9. The summed E-state index contributed by atoms with van der Waals surface area (Å²) in [7, 11) is 1.32. The highest BCUT2D eigenvalue weighted by atomic mass is 32.1. The number of aryl methyl sites for hydroxylation is 1. The Morgan fingerprint density at radius 1 is 1.47 bits per heavy atom. The van der Waals surface area contributed by atoms with Crippen molar-refractivity contribution < 1.29 is 14.3 Å². The zero-order chi connectivity index (χ0) is 13.8. The molecule has 0 bridgehead atoms. The largest absolute Gasteiger partial charge is 0.465 e. The molecule has 2 aromatic heterocycles. The van der Waals surface area contributed by atoms with Gasteiger partial charge in [0.05, 0.1) is 29.4 Å². The first-order valence-electron chi connectivity index (χ1n) is 5.64. The quantitative estimate of drug-likeness (QED) is 0.869. The topological polar surface area (TPSA) is 73.2 Å². The minimum absolute atomic E-state index is 0.252. The summed E-state index contributed by atoms with van der Waals surface area (Å²) in [5.41, 5.74) is 0.905. The number of amides is 1. The minimum Gasteiger partial charge on any atom is -0.465 e. The number of hydrogen-bond donors (Lipinski definition) is 1. The number of hydrogen-bond acceptors (Lipinski definition) is 5. The SMILES string of the molecule is CCn1cc(C(=O)Nc2cc(C(=O)OC)cs2)cn1. The Morgan fingerprint density at radius 2 is 2.26 bits per heavy atom. The van der Waals surface area contributed by atoms with Gasteiger partial charge in [0.1, 0.15) is 0 Å². The lowest BCUT2D eigenvalue weighted by Crippen LogP contribution is -2.10. The van der Waals surface area contributed by atoms with Crippen LogP contribution < -0.4 is 5.32 Å². The molecule has 1 N–H and O–H groups in total. The number of anilines is 1.